The number of carbonyl (C=O) groups excluding carboxylic acids is 1. The fourth-order valence-electron chi connectivity index (χ4n) is 4.22. The second-order valence-corrected chi connectivity index (χ2v) is 10.7. The van der Waals surface area contributed by atoms with Crippen LogP contribution in [0.4, 0.5) is 10.7 Å². The first-order chi connectivity index (χ1) is 16.1. The molecule has 2 aromatic carbocycles. The number of amides is 1. The molecule has 0 saturated heterocycles. The van der Waals surface area contributed by atoms with Crippen LogP contribution in [0.15, 0.2) is 54.6 Å². The summed E-state index contributed by atoms with van der Waals surface area (Å²) < 4.78 is 1.18. The molecule has 0 unspecified atom stereocenters. The molecule has 33 heavy (non-hydrogen) atoms. The molecule has 0 spiro atoms. The van der Waals surface area contributed by atoms with Gasteiger partial charge in [-0.3, -0.25) is 9.69 Å². The molecule has 0 fully saturated rings. The van der Waals surface area contributed by atoms with Gasteiger partial charge < -0.3 is 10.6 Å². The van der Waals surface area contributed by atoms with Crippen molar-refractivity contribution in [3.8, 4) is 10.6 Å². The van der Waals surface area contributed by atoms with E-state index in [0.29, 0.717) is 19.0 Å². The van der Waals surface area contributed by atoms with E-state index in [1.165, 1.54) is 15.1 Å². The Hall–Kier alpha value is -2.74. The lowest BCUT2D eigenvalue weighted by Crippen LogP contribution is -2.35. The Balaban J connectivity index is 1.40. The molecule has 5 nitrogen and oxygen atoms in total. The number of thiazole rings is 1. The average Bonchev–Trinajstić information content (AvgIpc) is 3.39. The van der Waals surface area contributed by atoms with Gasteiger partial charge in [0.15, 0.2) is 0 Å². The van der Waals surface area contributed by atoms with Crippen molar-refractivity contribution in [2.45, 2.75) is 39.3 Å². The van der Waals surface area contributed by atoms with Crippen LogP contribution in [0.5, 0.6) is 0 Å². The average molecular weight is 477 g/mol. The van der Waals surface area contributed by atoms with Crippen molar-refractivity contribution in [3.05, 3.63) is 65.0 Å². The van der Waals surface area contributed by atoms with E-state index in [-0.39, 0.29) is 5.91 Å². The molecule has 0 bridgehead atoms. The van der Waals surface area contributed by atoms with Gasteiger partial charge >= 0.3 is 0 Å². The highest BCUT2D eigenvalue weighted by molar-refractivity contribution is 7.22. The van der Waals surface area contributed by atoms with Gasteiger partial charge in [-0.05, 0) is 50.1 Å². The number of para-hydroxylation sites is 2. The van der Waals surface area contributed by atoms with Crippen LogP contribution < -0.4 is 10.6 Å². The highest BCUT2D eigenvalue weighted by Gasteiger charge is 2.28. The summed E-state index contributed by atoms with van der Waals surface area (Å²) in [7, 11) is 0. The molecule has 2 aromatic heterocycles. The molecule has 0 saturated carbocycles. The highest BCUT2D eigenvalue weighted by atomic mass is 32.1. The Labute approximate surface area is 202 Å². The van der Waals surface area contributed by atoms with Crippen LogP contribution in [-0.4, -0.2) is 34.9 Å². The smallest absolute Gasteiger partial charge is 0.226 e. The minimum absolute atomic E-state index is 0.0279. The Bertz CT molecular complexity index is 1230. The number of carbonyl (C=O) groups is 1. The number of anilines is 2. The molecule has 1 amide bonds. The zero-order chi connectivity index (χ0) is 22.8. The van der Waals surface area contributed by atoms with Crippen molar-refractivity contribution in [1.29, 1.82) is 0 Å². The lowest BCUT2D eigenvalue weighted by Gasteiger charge is -2.30. The van der Waals surface area contributed by atoms with Crippen LogP contribution >= 0.6 is 22.7 Å². The first-order valence-electron chi connectivity index (χ1n) is 11.4. The number of nitrogens with zero attached hydrogens (tertiary/aromatic N) is 2. The molecular weight excluding hydrogens is 448 g/mol. The van der Waals surface area contributed by atoms with Crippen LogP contribution in [0.2, 0.25) is 0 Å². The Kier molecular flexibility index (Phi) is 6.44. The van der Waals surface area contributed by atoms with Crippen molar-refractivity contribution in [2.75, 3.05) is 23.7 Å². The third kappa shape index (κ3) is 4.81. The molecule has 7 heteroatoms. The van der Waals surface area contributed by atoms with Crippen LogP contribution in [-0.2, 0) is 17.8 Å². The molecule has 1 aliphatic heterocycles. The lowest BCUT2D eigenvalue weighted by atomic mass is 10.0. The van der Waals surface area contributed by atoms with Crippen LogP contribution in [0, 0.1) is 0 Å². The predicted molar refractivity (Wildman–Crippen MR) is 140 cm³/mol. The molecule has 5 rings (SSSR count). The second kappa shape index (κ2) is 9.63. The summed E-state index contributed by atoms with van der Waals surface area (Å²) in [4.78, 5) is 21.7. The van der Waals surface area contributed by atoms with Gasteiger partial charge in [0, 0.05) is 48.2 Å². The normalized spacial score (nSPS) is 13.9. The first-order valence-corrected chi connectivity index (χ1v) is 13.0. The summed E-state index contributed by atoms with van der Waals surface area (Å²) in [5, 5.41) is 8.49. The van der Waals surface area contributed by atoms with Gasteiger partial charge in [-0.15, -0.1) is 22.7 Å². The number of thiophene rings is 1. The summed E-state index contributed by atoms with van der Waals surface area (Å²) in [5.74, 6) is 0.0279. The molecule has 2 N–H and O–H groups in total. The molecule has 0 aliphatic carbocycles. The molecular formula is C26H28N4OS2. The maximum atomic E-state index is 12.9. The van der Waals surface area contributed by atoms with E-state index < -0.39 is 0 Å². The Morgan fingerprint density at radius 2 is 1.88 bits per heavy atom. The van der Waals surface area contributed by atoms with Gasteiger partial charge in [0.2, 0.25) is 5.91 Å². The van der Waals surface area contributed by atoms with Crippen molar-refractivity contribution < 1.29 is 4.79 Å². The fraction of sp³-hybridized carbons (Fsp3) is 0.308. The van der Waals surface area contributed by atoms with E-state index in [1.807, 2.05) is 36.4 Å². The van der Waals surface area contributed by atoms with E-state index in [9.17, 15) is 4.79 Å². The molecule has 1 aliphatic rings. The maximum absolute atomic E-state index is 12.9. The van der Waals surface area contributed by atoms with Gasteiger partial charge in [-0.25, -0.2) is 4.98 Å². The van der Waals surface area contributed by atoms with Crippen LogP contribution in [0.1, 0.15) is 30.7 Å². The monoisotopic (exact) mass is 476 g/mol. The van der Waals surface area contributed by atoms with Gasteiger partial charge in [0.1, 0.15) is 10.0 Å². The second-order valence-electron chi connectivity index (χ2n) is 8.60. The van der Waals surface area contributed by atoms with E-state index in [0.717, 1.165) is 46.3 Å². The zero-order valence-corrected chi connectivity index (χ0v) is 20.6. The standard InChI is InChI=1S/C26H28N4OS2/c1-17(2)30-15-13-19-22(16-30)33-26(24(19)25-28-20-10-6-7-11-21(20)32-25)29-23(31)12-14-27-18-8-4-3-5-9-18/h3-11,17,27H,12-16H2,1-2H3,(H,29,31). The number of fused-ring (bicyclic) bond motifs is 2. The molecule has 0 radical (unpaired) electrons. The lowest BCUT2D eigenvalue weighted by molar-refractivity contribution is -0.115. The summed E-state index contributed by atoms with van der Waals surface area (Å²) in [5.41, 5.74) is 4.53. The van der Waals surface area contributed by atoms with Gasteiger partial charge in [-0.2, -0.15) is 0 Å². The molecule has 170 valence electrons. The molecule has 3 heterocycles. The summed E-state index contributed by atoms with van der Waals surface area (Å²) in [6.07, 6.45) is 1.40. The van der Waals surface area contributed by atoms with Crippen molar-refractivity contribution in [1.82, 2.24) is 9.88 Å². The van der Waals surface area contributed by atoms with E-state index in [2.05, 4.69) is 47.6 Å². The highest BCUT2D eigenvalue weighted by Crippen LogP contribution is 2.45. The van der Waals surface area contributed by atoms with Crippen molar-refractivity contribution in [3.63, 3.8) is 0 Å². The number of benzene rings is 2. The van der Waals surface area contributed by atoms with Gasteiger partial charge in [-0.1, -0.05) is 30.3 Å². The molecule has 0 atom stereocenters. The predicted octanol–water partition coefficient (Wildman–Crippen LogP) is 6.23. The Morgan fingerprint density at radius 3 is 2.67 bits per heavy atom. The largest absolute Gasteiger partial charge is 0.385 e. The number of nitrogens with one attached hydrogen (secondary N) is 2. The zero-order valence-electron chi connectivity index (χ0n) is 18.9. The van der Waals surface area contributed by atoms with Crippen LogP contribution in [0.3, 0.4) is 0 Å². The van der Waals surface area contributed by atoms with E-state index >= 15 is 0 Å². The number of rotatable bonds is 7. The fourth-order valence-corrected chi connectivity index (χ4v) is 6.62. The Morgan fingerprint density at radius 1 is 1.09 bits per heavy atom. The number of aromatic nitrogens is 1. The SMILES string of the molecule is CC(C)N1CCc2c(sc(NC(=O)CCNc3ccccc3)c2-c2nc3ccccc3s2)C1. The van der Waals surface area contributed by atoms with Crippen molar-refractivity contribution >= 4 is 49.5 Å². The number of hydrogen-bond donors (Lipinski definition) is 2. The van der Waals surface area contributed by atoms with Gasteiger partial charge in [0.25, 0.3) is 0 Å². The summed E-state index contributed by atoms with van der Waals surface area (Å²) >= 11 is 3.43. The minimum Gasteiger partial charge on any atom is -0.385 e. The minimum atomic E-state index is 0.0279. The van der Waals surface area contributed by atoms with Crippen LogP contribution in [0.25, 0.3) is 20.8 Å². The summed E-state index contributed by atoms with van der Waals surface area (Å²) in [6, 6.07) is 18.7. The van der Waals surface area contributed by atoms with Crippen molar-refractivity contribution in [2.24, 2.45) is 0 Å². The van der Waals surface area contributed by atoms with E-state index in [4.69, 9.17) is 4.98 Å². The van der Waals surface area contributed by atoms with E-state index in [1.54, 1.807) is 22.7 Å². The topological polar surface area (TPSA) is 57.3 Å². The molecule has 4 aromatic rings. The third-order valence-corrected chi connectivity index (χ3v) is 8.22. The number of hydrogen-bond acceptors (Lipinski definition) is 6. The first kappa shape index (κ1) is 22.1. The quantitative estimate of drug-likeness (QED) is 0.332. The van der Waals surface area contributed by atoms with Gasteiger partial charge in [0.05, 0.1) is 10.2 Å². The maximum Gasteiger partial charge on any atom is 0.226 e. The summed E-state index contributed by atoms with van der Waals surface area (Å²) in [6.45, 7) is 7.05. The third-order valence-electron chi connectivity index (χ3n) is 6.03.